The Morgan fingerprint density at radius 2 is 1.83 bits per heavy atom. The zero-order valence-electron chi connectivity index (χ0n) is 18.9. The maximum absolute atomic E-state index is 14.9. The van der Waals surface area contributed by atoms with E-state index in [1.165, 1.54) is 31.0 Å². The number of ether oxygens (including phenoxy) is 1. The van der Waals surface area contributed by atoms with Crippen LogP contribution in [-0.4, -0.2) is 44.9 Å². The van der Waals surface area contributed by atoms with Crippen LogP contribution >= 0.6 is 0 Å². The van der Waals surface area contributed by atoms with E-state index >= 15 is 0 Å². The minimum Gasteiger partial charge on any atom is -0.447 e. The van der Waals surface area contributed by atoms with Crippen LogP contribution in [0.1, 0.15) is 31.1 Å². The first-order valence-corrected chi connectivity index (χ1v) is 10.7. The fraction of sp³-hybridized carbons (Fsp3) is 0.304. The van der Waals surface area contributed by atoms with Crippen molar-refractivity contribution in [1.29, 1.82) is 0 Å². The molecule has 4 rings (SSSR count). The van der Waals surface area contributed by atoms with Crippen molar-refractivity contribution in [3.8, 4) is 11.1 Å². The number of hydrogen-bond donors (Lipinski definition) is 2. The van der Waals surface area contributed by atoms with Gasteiger partial charge in [0.05, 0.1) is 12.1 Å². The highest BCUT2D eigenvalue weighted by molar-refractivity contribution is 5.89. The lowest BCUT2D eigenvalue weighted by molar-refractivity contribution is -0.141. The van der Waals surface area contributed by atoms with Gasteiger partial charge in [-0.2, -0.15) is 18.2 Å². The molecule has 1 aliphatic heterocycles. The first-order valence-electron chi connectivity index (χ1n) is 10.7. The SMILES string of the molecule is C[C@H](Nc1nccc(N2C(=O)OCC2[C@@H](C)O)n1)c1cc(F)c(-c2ccnc(C(F)(F)F)c2)cc1F. The Hall–Kier alpha value is -3.87. The molecule has 190 valence electrons. The van der Waals surface area contributed by atoms with Crippen molar-refractivity contribution in [2.75, 3.05) is 16.8 Å². The van der Waals surface area contributed by atoms with Crippen LogP contribution < -0.4 is 10.2 Å². The average molecular weight is 509 g/mol. The number of carbonyl (C=O) groups is 1. The first-order chi connectivity index (χ1) is 17.0. The van der Waals surface area contributed by atoms with Gasteiger partial charge >= 0.3 is 12.3 Å². The maximum atomic E-state index is 14.9. The van der Waals surface area contributed by atoms with Gasteiger partial charge < -0.3 is 15.2 Å². The van der Waals surface area contributed by atoms with Crippen LogP contribution in [0.15, 0.2) is 42.7 Å². The molecule has 13 heteroatoms. The Balaban J connectivity index is 1.58. The third-order valence-corrected chi connectivity index (χ3v) is 5.61. The van der Waals surface area contributed by atoms with Crippen molar-refractivity contribution in [3.05, 3.63) is 65.6 Å². The van der Waals surface area contributed by atoms with Crippen molar-refractivity contribution in [1.82, 2.24) is 15.0 Å². The van der Waals surface area contributed by atoms with Gasteiger partial charge in [0.25, 0.3) is 0 Å². The third kappa shape index (κ3) is 5.05. The Morgan fingerprint density at radius 3 is 2.53 bits per heavy atom. The topological polar surface area (TPSA) is 100 Å². The van der Waals surface area contributed by atoms with Gasteiger partial charge in [0.2, 0.25) is 5.95 Å². The molecule has 1 aromatic carbocycles. The second kappa shape index (κ2) is 9.64. The molecule has 1 amide bonds. The van der Waals surface area contributed by atoms with Gasteiger partial charge in [-0.15, -0.1) is 0 Å². The summed E-state index contributed by atoms with van der Waals surface area (Å²) in [5.41, 5.74) is -1.89. The lowest BCUT2D eigenvalue weighted by Gasteiger charge is -2.23. The van der Waals surface area contributed by atoms with Crippen molar-refractivity contribution in [3.63, 3.8) is 0 Å². The van der Waals surface area contributed by atoms with Crippen LogP contribution in [-0.2, 0) is 10.9 Å². The van der Waals surface area contributed by atoms with E-state index in [0.717, 1.165) is 24.4 Å². The number of nitrogens with one attached hydrogen (secondary N) is 1. The molecular formula is C23H20F5N5O3. The van der Waals surface area contributed by atoms with E-state index in [1.807, 2.05) is 0 Å². The molecule has 0 aliphatic carbocycles. The van der Waals surface area contributed by atoms with Gasteiger partial charge in [-0.1, -0.05) is 0 Å². The van der Waals surface area contributed by atoms with Crippen molar-refractivity contribution < 1.29 is 36.6 Å². The summed E-state index contributed by atoms with van der Waals surface area (Å²) in [6.45, 7) is 2.97. The highest BCUT2D eigenvalue weighted by Crippen LogP contribution is 2.33. The molecule has 1 aliphatic rings. The molecule has 1 fully saturated rings. The van der Waals surface area contributed by atoms with Gasteiger partial charge in [0, 0.05) is 23.5 Å². The number of aliphatic hydroxyl groups excluding tert-OH is 1. The van der Waals surface area contributed by atoms with E-state index in [2.05, 4.69) is 20.3 Å². The Labute approximate surface area is 201 Å². The second-order valence-electron chi connectivity index (χ2n) is 8.14. The number of rotatable bonds is 6. The molecule has 36 heavy (non-hydrogen) atoms. The Bertz CT molecular complexity index is 1290. The molecule has 3 heterocycles. The standard InChI is InChI=1S/C23H20F5N5O3/c1-11(31-21-30-6-4-20(32-21)33-18(12(2)34)10-36-22(33)35)14-8-17(25)15(9-16(14)24)13-3-5-29-19(7-13)23(26,27)28/h3-9,11-12,18,34H,10H2,1-2H3,(H,30,31,32)/t11-,12+,18?/m0/s1. The molecule has 2 aromatic heterocycles. The molecule has 0 saturated carbocycles. The number of pyridine rings is 1. The fourth-order valence-corrected chi connectivity index (χ4v) is 3.75. The lowest BCUT2D eigenvalue weighted by atomic mass is 10.00. The van der Waals surface area contributed by atoms with Crippen LogP contribution in [0, 0.1) is 11.6 Å². The average Bonchev–Trinajstić information content (AvgIpc) is 3.21. The highest BCUT2D eigenvalue weighted by Gasteiger charge is 2.38. The van der Waals surface area contributed by atoms with Crippen LogP contribution in [0.5, 0.6) is 0 Å². The summed E-state index contributed by atoms with van der Waals surface area (Å²) in [4.78, 5) is 24.7. The zero-order valence-corrected chi connectivity index (χ0v) is 18.9. The van der Waals surface area contributed by atoms with Crippen LogP contribution in [0.3, 0.4) is 0 Å². The summed E-state index contributed by atoms with van der Waals surface area (Å²) in [6.07, 6.45) is -4.13. The second-order valence-corrected chi connectivity index (χ2v) is 8.14. The minimum absolute atomic E-state index is 0.0168. The van der Waals surface area contributed by atoms with E-state index in [0.29, 0.717) is 6.07 Å². The van der Waals surface area contributed by atoms with Crippen molar-refractivity contribution in [2.24, 2.45) is 0 Å². The van der Waals surface area contributed by atoms with Crippen LogP contribution in [0.25, 0.3) is 11.1 Å². The van der Waals surface area contributed by atoms with Gasteiger partial charge in [-0.05, 0) is 49.7 Å². The Morgan fingerprint density at radius 1 is 1.11 bits per heavy atom. The normalized spacial score (nSPS) is 17.6. The van der Waals surface area contributed by atoms with E-state index in [9.17, 15) is 31.9 Å². The number of amides is 1. The number of cyclic esters (lactones) is 1. The molecule has 0 bridgehead atoms. The summed E-state index contributed by atoms with van der Waals surface area (Å²) < 4.78 is 73.7. The number of benzene rings is 1. The first kappa shape index (κ1) is 25.2. The molecule has 0 radical (unpaired) electrons. The third-order valence-electron chi connectivity index (χ3n) is 5.61. The van der Waals surface area contributed by atoms with E-state index in [4.69, 9.17) is 4.74 Å². The number of aromatic nitrogens is 3. The van der Waals surface area contributed by atoms with Gasteiger partial charge in [-0.3, -0.25) is 9.88 Å². The number of carbonyl (C=O) groups excluding carboxylic acids is 1. The number of hydrogen-bond acceptors (Lipinski definition) is 7. The molecule has 3 aromatic rings. The Kier molecular flexibility index (Phi) is 6.76. The fourth-order valence-electron chi connectivity index (χ4n) is 3.75. The molecular weight excluding hydrogens is 489 g/mol. The number of halogens is 5. The minimum atomic E-state index is -4.74. The molecule has 2 N–H and O–H groups in total. The summed E-state index contributed by atoms with van der Waals surface area (Å²) in [5.74, 6) is -1.69. The number of aliphatic hydroxyl groups is 1. The monoisotopic (exact) mass is 509 g/mol. The number of nitrogens with zero attached hydrogens (tertiary/aromatic N) is 4. The van der Waals surface area contributed by atoms with Crippen molar-refractivity contribution >= 4 is 17.9 Å². The van der Waals surface area contributed by atoms with Crippen LogP contribution in [0.4, 0.5) is 38.5 Å². The predicted octanol–water partition coefficient (Wildman–Crippen LogP) is 4.71. The molecule has 1 saturated heterocycles. The molecule has 1 unspecified atom stereocenters. The summed E-state index contributed by atoms with van der Waals surface area (Å²) in [5, 5.41) is 12.7. The summed E-state index contributed by atoms with van der Waals surface area (Å²) in [6, 6.07) is 3.37. The quantitative estimate of drug-likeness (QED) is 0.464. The van der Waals surface area contributed by atoms with Crippen molar-refractivity contribution in [2.45, 2.75) is 38.2 Å². The lowest BCUT2D eigenvalue weighted by Crippen LogP contribution is -2.41. The number of anilines is 2. The van der Waals surface area contributed by atoms with Gasteiger partial charge in [0.15, 0.2) is 0 Å². The van der Waals surface area contributed by atoms with Gasteiger partial charge in [0.1, 0.15) is 35.8 Å². The smallest absolute Gasteiger partial charge is 0.433 e. The molecule has 0 spiro atoms. The molecule has 8 nitrogen and oxygen atoms in total. The van der Waals surface area contributed by atoms with Gasteiger partial charge in [-0.25, -0.2) is 18.6 Å². The number of alkyl halides is 3. The highest BCUT2D eigenvalue weighted by atomic mass is 19.4. The summed E-state index contributed by atoms with van der Waals surface area (Å²) in [7, 11) is 0. The zero-order chi connectivity index (χ0) is 26.2. The largest absolute Gasteiger partial charge is 0.447 e. The van der Waals surface area contributed by atoms with E-state index in [1.54, 1.807) is 0 Å². The van der Waals surface area contributed by atoms with E-state index < -0.39 is 47.8 Å². The maximum Gasteiger partial charge on any atom is 0.433 e. The molecule has 3 atom stereocenters. The van der Waals surface area contributed by atoms with E-state index in [-0.39, 0.29) is 35.1 Å². The summed E-state index contributed by atoms with van der Waals surface area (Å²) >= 11 is 0. The predicted molar refractivity (Wildman–Crippen MR) is 118 cm³/mol. The van der Waals surface area contributed by atoms with Crippen LogP contribution in [0.2, 0.25) is 0 Å².